The third-order valence-corrected chi connectivity index (χ3v) is 4.37. The van der Waals surface area contributed by atoms with Crippen molar-refractivity contribution in [1.29, 1.82) is 0 Å². The van der Waals surface area contributed by atoms with E-state index in [-0.39, 0.29) is 24.7 Å². The van der Waals surface area contributed by atoms with Gasteiger partial charge in [0, 0.05) is 12.6 Å². The first-order chi connectivity index (χ1) is 12.9. The van der Waals surface area contributed by atoms with Crippen molar-refractivity contribution in [2.45, 2.75) is 19.5 Å². The van der Waals surface area contributed by atoms with Crippen molar-refractivity contribution in [2.24, 2.45) is 0 Å². The van der Waals surface area contributed by atoms with Crippen molar-refractivity contribution in [3.05, 3.63) is 68.6 Å². The van der Waals surface area contributed by atoms with Crippen LogP contribution in [0.4, 0.5) is 11.5 Å². The Kier molecular flexibility index (Phi) is 5.72. The summed E-state index contributed by atoms with van der Waals surface area (Å²) in [5, 5.41) is 22.2. The van der Waals surface area contributed by atoms with Gasteiger partial charge in [-0.05, 0) is 22.6 Å². The number of carbonyl (C=O) groups is 1. The van der Waals surface area contributed by atoms with Crippen LogP contribution in [0.2, 0.25) is 10.0 Å². The Morgan fingerprint density at radius 3 is 2.74 bits per heavy atom. The highest BCUT2D eigenvalue weighted by molar-refractivity contribution is 6.42. The van der Waals surface area contributed by atoms with E-state index in [1.165, 1.54) is 23.1 Å². The van der Waals surface area contributed by atoms with Gasteiger partial charge in [-0.3, -0.25) is 9.48 Å². The monoisotopic (exact) mass is 408 g/mol. The quantitative estimate of drug-likeness (QED) is 0.476. The number of nitrogens with one attached hydrogen (secondary N) is 1. The molecule has 140 valence electrons. The summed E-state index contributed by atoms with van der Waals surface area (Å²) >= 11 is 11.9. The third-order valence-electron chi connectivity index (χ3n) is 3.63. The summed E-state index contributed by atoms with van der Waals surface area (Å²) < 4.78 is 3.01. The van der Waals surface area contributed by atoms with Gasteiger partial charge in [0.15, 0.2) is 0 Å². The molecule has 0 spiro atoms. The number of nitro groups is 1. The number of halogens is 2. The number of amides is 1. The number of hydrogen-bond donors (Lipinski definition) is 1. The van der Waals surface area contributed by atoms with Gasteiger partial charge in [0.2, 0.25) is 5.91 Å². The summed E-state index contributed by atoms with van der Waals surface area (Å²) in [6.45, 7) is 0.709. The lowest BCUT2D eigenvalue weighted by Gasteiger charge is -2.04. The average molecular weight is 409 g/mol. The predicted octanol–water partition coefficient (Wildman–Crippen LogP) is 3.37. The summed E-state index contributed by atoms with van der Waals surface area (Å²) in [4.78, 5) is 22.0. The van der Waals surface area contributed by atoms with E-state index in [9.17, 15) is 14.9 Å². The third kappa shape index (κ3) is 5.05. The molecule has 0 bridgehead atoms. The number of carbonyl (C=O) groups excluding carboxylic acids is 1. The fraction of sp³-hybridized carbons (Fsp3) is 0.188. The van der Waals surface area contributed by atoms with Crippen molar-refractivity contribution in [2.75, 3.05) is 5.32 Å². The maximum Gasteiger partial charge on any atom is 0.389 e. The van der Waals surface area contributed by atoms with Crippen molar-refractivity contribution < 1.29 is 9.72 Å². The Hall–Kier alpha value is -2.91. The molecule has 1 amide bonds. The molecule has 0 fully saturated rings. The van der Waals surface area contributed by atoms with Crippen LogP contribution in [0.1, 0.15) is 12.0 Å². The fourth-order valence-corrected chi connectivity index (χ4v) is 2.67. The molecule has 0 aliphatic carbocycles. The van der Waals surface area contributed by atoms with Crippen molar-refractivity contribution >= 4 is 40.6 Å². The number of anilines is 1. The molecule has 1 aromatic carbocycles. The minimum atomic E-state index is -0.584. The molecular formula is C16H14Cl2N6O3. The summed E-state index contributed by atoms with van der Waals surface area (Å²) in [7, 11) is 0. The van der Waals surface area contributed by atoms with E-state index in [4.69, 9.17) is 23.2 Å². The van der Waals surface area contributed by atoms with Gasteiger partial charge in [-0.2, -0.15) is 9.78 Å². The van der Waals surface area contributed by atoms with Gasteiger partial charge in [-0.15, -0.1) is 0 Å². The summed E-state index contributed by atoms with van der Waals surface area (Å²) in [6, 6.07) is 6.60. The lowest BCUT2D eigenvalue weighted by molar-refractivity contribution is -0.389. The van der Waals surface area contributed by atoms with E-state index >= 15 is 0 Å². The molecule has 0 radical (unpaired) electrons. The van der Waals surface area contributed by atoms with Gasteiger partial charge >= 0.3 is 5.82 Å². The molecule has 9 nitrogen and oxygen atoms in total. The molecule has 0 unspecified atom stereocenters. The van der Waals surface area contributed by atoms with Gasteiger partial charge in [0.05, 0.1) is 52.4 Å². The number of hydrogen-bond acceptors (Lipinski definition) is 5. The summed E-state index contributed by atoms with van der Waals surface area (Å²) in [5.74, 6) is -0.499. The lowest BCUT2D eigenvalue weighted by Crippen LogP contribution is -2.14. The smallest absolute Gasteiger partial charge is 0.358 e. The zero-order valence-corrected chi connectivity index (χ0v) is 15.4. The van der Waals surface area contributed by atoms with Crippen molar-refractivity contribution in [3.63, 3.8) is 0 Å². The number of nitrogens with zero attached hydrogens (tertiary/aromatic N) is 5. The second kappa shape index (κ2) is 8.19. The predicted molar refractivity (Wildman–Crippen MR) is 99.9 cm³/mol. The maximum atomic E-state index is 12.0. The standard InChI is InChI=1S/C16H14Cl2N6O3/c17-13-2-1-11(7-14(13)18)9-23-10-12(8-19-23)20-16(25)4-6-22-5-3-15(21-22)24(26)27/h1-3,5,7-8,10H,4,6,9H2,(H,20,25). The normalized spacial score (nSPS) is 10.7. The fourth-order valence-electron chi connectivity index (χ4n) is 2.35. The number of aromatic nitrogens is 4. The number of aryl methyl sites for hydroxylation is 1. The lowest BCUT2D eigenvalue weighted by atomic mass is 10.2. The van der Waals surface area contributed by atoms with Crippen molar-refractivity contribution in [1.82, 2.24) is 19.6 Å². The largest absolute Gasteiger partial charge is 0.389 e. The Bertz CT molecular complexity index is 984. The first-order valence-corrected chi connectivity index (χ1v) is 8.60. The molecule has 2 heterocycles. The van der Waals surface area contributed by atoms with Gasteiger partial charge in [0.1, 0.15) is 0 Å². The van der Waals surface area contributed by atoms with Crippen LogP contribution in [0.5, 0.6) is 0 Å². The van der Waals surface area contributed by atoms with E-state index in [0.717, 1.165) is 5.56 Å². The van der Waals surface area contributed by atoms with E-state index in [2.05, 4.69) is 15.5 Å². The van der Waals surface area contributed by atoms with Crippen molar-refractivity contribution in [3.8, 4) is 0 Å². The van der Waals surface area contributed by atoms with E-state index in [1.807, 2.05) is 6.07 Å². The SMILES string of the molecule is O=C(CCn1ccc([N+](=O)[O-])n1)Nc1cnn(Cc2ccc(Cl)c(Cl)c2)c1. The highest BCUT2D eigenvalue weighted by atomic mass is 35.5. The molecule has 27 heavy (non-hydrogen) atoms. The highest BCUT2D eigenvalue weighted by Gasteiger charge is 2.12. The molecule has 3 aromatic rings. The topological polar surface area (TPSA) is 108 Å². The van der Waals surface area contributed by atoms with Crippen LogP contribution >= 0.6 is 23.2 Å². The van der Waals surface area contributed by atoms with E-state index in [1.54, 1.807) is 23.0 Å². The molecule has 2 aromatic heterocycles. The van der Waals surface area contributed by atoms with Crippen LogP contribution in [-0.2, 0) is 17.9 Å². The molecule has 0 saturated carbocycles. The maximum absolute atomic E-state index is 12.0. The summed E-state index contributed by atoms with van der Waals surface area (Å²) in [5.41, 5.74) is 1.47. The van der Waals surface area contributed by atoms with Crippen LogP contribution in [0, 0.1) is 10.1 Å². The Labute approximate surface area is 163 Å². The Morgan fingerprint density at radius 2 is 2.04 bits per heavy atom. The number of rotatable bonds is 7. The average Bonchev–Trinajstić information content (AvgIpc) is 3.26. The minimum absolute atomic E-state index is 0.122. The minimum Gasteiger partial charge on any atom is -0.358 e. The van der Waals surface area contributed by atoms with Gasteiger partial charge in [0.25, 0.3) is 0 Å². The molecule has 3 rings (SSSR count). The molecule has 0 saturated heterocycles. The number of benzene rings is 1. The summed E-state index contributed by atoms with van der Waals surface area (Å²) in [6.07, 6.45) is 4.81. The van der Waals surface area contributed by atoms with Crippen LogP contribution in [0.15, 0.2) is 42.9 Å². The van der Waals surface area contributed by atoms with Crippen LogP contribution in [-0.4, -0.2) is 30.4 Å². The molecule has 0 aliphatic rings. The zero-order valence-electron chi connectivity index (χ0n) is 13.9. The second-order valence-corrected chi connectivity index (χ2v) is 6.48. The van der Waals surface area contributed by atoms with Gasteiger partial charge < -0.3 is 15.4 Å². The zero-order chi connectivity index (χ0) is 19.4. The molecule has 11 heteroatoms. The highest BCUT2D eigenvalue weighted by Crippen LogP contribution is 2.23. The second-order valence-electron chi connectivity index (χ2n) is 5.67. The van der Waals surface area contributed by atoms with Gasteiger partial charge in [-0.25, -0.2) is 0 Å². The molecule has 0 aliphatic heterocycles. The van der Waals surface area contributed by atoms with E-state index < -0.39 is 4.92 Å². The molecular weight excluding hydrogens is 395 g/mol. The first-order valence-electron chi connectivity index (χ1n) is 7.85. The Morgan fingerprint density at radius 1 is 1.22 bits per heavy atom. The van der Waals surface area contributed by atoms with E-state index in [0.29, 0.717) is 22.3 Å². The molecule has 0 atom stereocenters. The van der Waals surface area contributed by atoms with Crippen LogP contribution in [0.3, 0.4) is 0 Å². The molecule has 1 N–H and O–H groups in total. The van der Waals surface area contributed by atoms with Crippen LogP contribution in [0.25, 0.3) is 0 Å². The van der Waals surface area contributed by atoms with Gasteiger partial charge in [-0.1, -0.05) is 29.3 Å². The van der Waals surface area contributed by atoms with Crippen LogP contribution < -0.4 is 5.32 Å². The Balaban J connectivity index is 1.52. The first kappa shape index (κ1) is 18.9.